The van der Waals surface area contributed by atoms with Crippen LogP contribution in [0.4, 0.5) is 0 Å². The van der Waals surface area contributed by atoms with Crippen LogP contribution in [0.1, 0.15) is 30.6 Å². The van der Waals surface area contributed by atoms with E-state index in [0.717, 1.165) is 0 Å². The predicted octanol–water partition coefficient (Wildman–Crippen LogP) is 2.62. The highest BCUT2D eigenvalue weighted by Gasteiger charge is 2.11. The van der Waals surface area contributed by atoms with Crippen LogP contribution in [-0.2, 0) is 0 Å². The Bertz CT molecular complexity index is 303. The molecule has 0 fully saturated rings. The number of rotatable bonds is 3. The number of carbonyl (C=O) groups is 1. The van der Waals surface area contributed by atoms with Gasteiger partial charge in [0.05, 0.1) is 5.56 Å². The first kappa shape index (κ1) is 9.78. The highest BCUT2D eigenvalue weighted by Crippen LogP contribution is 2.19. The minimum atomic E-state index is 0.00750. The number of para-hydroxylation sites is 1. The van der Waals surface area contributed by atoms with E-state index in [1.54, 1.807) is 18.2 Å². The molecular weight excluding hydrogens is 164 g/mol. The number of aromatic hydroxyl groups is 1. The molecule has 1 N–H and O–H groups in total. The molecule has 0 radical (unpaired) electrons. The van der Waals surface area contributed by atoms with Gasteiger partial charge in [-0.3, -0.25) is 4.79 Å². The van der Waals surface area contributed by atoms with Crippen LogP contribution in [0.3, 0.4) is 0 Å². The molecule has 1 rings (SSSR count). The molecule has 0 bridgehead atoms. The van der Waals surface area contributed by atoms with E-state index in [1.165, 1.54) is 6.07 Å². The molecule has 0 amide bonds. The van der Waals surface area contributed by atoms with Crippen LogP contribution in [0.5, 0.6) is 5.75 Å². The molecule has 1 aromatic carbocycles. The Kier molecular flexibility index (Phi) is 3.07. The van der Waals surface area contributed by atoms with Gasteiger partial charge in [0.2, 0.25) is 0 Å². The molecule has 0 aliphatic rings. The normalized spacial score (nSPS) is 10.4. The molecule has 0 aliphatic carbocycles. The van der Waals surface area contributed by atoms with Crippen LogP contribution in [0.2, 0.25) is 0 Å². The summed E-state index contributed by atoms with van der Waals surface area (Å²) in [6.07, 6.45) is 0.484. The van der Waals surface area contributed by atoms with Gasteiger partial charge in [0.15, 0.2) is 5.78 Å². The van der Waals surface area contributed by atoms with E-state index in [4.69, 9.17) is 0 Å². The molecule has 2 nitrogen and oxygen atoms in total. The fourth-order valence-electron chi connectivity index (χ4n) is 1.19. The highest BCUT2D eigenvalue weighted by molar-refractivity contribution is 5.98. The van der Waals surface area contributed by atoms with Crippen LogP contribution in [-0.4, -0.2) is 10.9 Å². The molecular formula is C11H14O2. The molecule has 70 valence electrons. The zero-order chi connectivity index (χ0) is 9.84. The lowest BCUT2D eigenvalue weighted by Crippen LogP contribution is -2.03. The topological polar surface area (TPSA) is 37.3 Å². The largest absolute Gasteiger partial charge is 0.507 e. The first-order valence-corrected chi connectivity index (χ1v) is 4.42. The number of carbonyl (C=O) groups excluding carboxylic acids is 1. The average Bonchev–Trinajstić information content (AvgIpc) is 2.03. The van der Waals surface area contributed by atoms with Gasteiger partial charge in [0, 0.05) is 6.42 Å². The van der Waals surface area contributed by atoms with Gasteiger partial charge >= 0.3 is 0 Å². The maximum atomic E-state index is 11.5. The van der Waals surface area contributed by atoms with Crippen molar-refractivity contribution in [3.05, 3.63) is 29.8 Å². The number of Topliss-reactive ketones (excluding diaryl/α,β-unsaturated/α-hetero) is 1. The summed E-state index contributed by atoms with van der Waals surface area (Å²) in [5.74, 6) is 0.411. The smallest absolute Gasteiger partial charge is 0.166 e. The van der Waals surface area contributed by atoms with Crippen molar-refractivity contribution in [3.63, 3.8) is 0 Å². The number of benzene rings is 1. The molecule has 0 atom stereocenters. The molecule has 0 spiro atoms. The second-order valence-electron chi connectivity index (χ2n) is 3.54. The van der Waals surface area contributed by atoms with Crippen molar-refractivity contribution in [1.29, 1.82) is 0 Å². The third kappa shape index (κ3) is 2.58. The highest BCUT2D eigenvalue weighted by atomic mass is 16.3. The van der Waals surface area contributed by atoms with Crippen LogP contribution in [0.25, 0.3) is 0 Å². The first-order valence-electron chi connectivity index (χ1n) is 4.42. The molecule has 1 aromatic rings. The Hall–Kier alpha value is -1.31. The molecule has 0 unspecified atom stereocenters. The maximum absolute atomic E-state index is 11.5. The third-order valence-electron chi connectivity index (χ3n) is 1.80. The Morgan fingerprint density at radius 3 is 2.54 bits per heavy atom. The summed E-state index contributed by atoms with van der Waals surface area (Å²) in [6.45, 7) is 3.97. The summed E-state index contributed by atoms with van der Waals surface area (Å²) in [5.41, 5.74) is 0.427. The minimum Gasteiger partial charge on any atom is -0.507 e. The summed E-state index contributed by atoms with van der Waals surface area (Å²) in [4.78, 5) is 11.5. The van der Waals surface area contributed by atoms with E-state index in [1.807, 2.05) is 13.8 Å². The van der Waals surface area contributed by atoms with E-state index in [2.05, 4.69) is 0 Å². The van der Waals surface area contributed by atoms with Gasteiger partial charge in [-0.25, -0.2) is 0 Å². The van der Waals surface area contributed by atoms with Crippen molar-refractivity contribution < 1.29 is 9.90 Å². The standard InChI is InChI=1S/C11H14O2/c1-8(2)7-11(13)9-5-3-4-6-10(9)12/h3-6,8,12H,7H2,1-2H3. The first-order chi connectivity index (χ1) is 6.11. The van der Waals surface area contributed by atoms with Crippen molar-refractivity contribution >= 4 is 5.78 Å². The summed E-state index contributed by atoms with van der Waals surface area (Å²) < 4.78 is 0. The van der Waals surface area contributed by atoms with Crippen molar-refractivity contribution in [2.75, 3.05) is 0 Å². The number of hydrogen-bond acceptors (Lipinski definition) is 2. The second kappa shape index (κ2) is 4.08. The zero-order valence-corrected chi connectivity index (χ0v) is 7.95. The van der Waals surface area contributed by atoms with E-state index in [-0.39, 0.29) is 11.5 Å². The Morgan fingerprint density at radius 1 is 1.38 bits per heavy atom. The van der Waals surface area contributed by atoms with E-state index in [9.17, 15) is 9.90 Å². The van der Waals surface area contributed by atoms with Crippen LogP contribution in [0, 0.1) is 5.92 Å². The van der Waals surface area contributed by atoms with Crippen molar-refractivity contribution in [2.45, 2.75) is 20.3 Å². The van der Waals surface area contributed by atoms with Gasteiger partial charge < -0.3 is 5.11 Å². The van der Waals surface area contributed by atoms with Crippen molar-refractivity contribution in [1.82, 2.24) is 0 Å². The summed E-state index contributed by atoms with van der Waals surface area (Å²) >= 11 is 0. The van der Waals surface area contributed by atoms with Crippen molar-refractivity contribution in [2.24, 2.45) is 5.92 Å². The molecule has 0 heterocycles. The van der Waals surface area contributed by atoms with Crippen LogP contribution >= 0.6 is 0 Å². The number of phenols is 1. The van der Waals surface area contributed by atoms with Crippen molar-refractivity contribution in [3.8, 4) is 5.75 Å². The Balaban J connectivity index is 2.83. The zero-order valence-electron chi connectivity index (χ0n) is 7.95. The fourth-order valence-corrected chi connectivity index (χ4v) is 1.19. The number of phenolic OH excluding ortho intramolecular Hbond substituents is 1. The maximum Gasteiger partial charge on any atom is 0.166 e. The van der Waals surface area contributed by atoms with Gasteiger partial charge in [-0.2, -0.15) is 0 Å². The van der Waals surface area contributed by atoms with Crippen LogP contribution in [0.15, 0.2) is 24.3 Å². The van der Waals surface area contributed by atoms with Gasteiger partial charge in [-0.05, 0) is 18.1 Å². The quantitative estimate of drug-likeness (QED) is 0.722. The monoisotopic (exact) mass is 178 g/mol. The average molecular weight is 178 g/mol. The van der Waals surface area contributed by atoms with Crippen LogP contribution < -0.4 is 0 Å². The molecule has 13 heavy (non-hydrogen) atoms. The molecule has 2 heteroatoms. The van der Waals surface area contributed by atoms with E-state index < -0.39 is 0 Å². The minimum absolute atomic E-state index is 0.00750. The lowest BCUT2D eigenvalue weighted by molar-refractivity contribution is 0.0965. The second-order valence-corrected chi connectivity index (χ2v) is 3.54. The lowest BCUT2D eigenvalue weighted by Gasteiger charge is -2.05. The molecule has 0 aromatic heterocycles. The summed E-state index contributed by atoms with van der Waals surface area (Å²) in [7, 11) is 0. The van der Waals surface area contributed by atoms with Gasteiger partial charge in [-0.15, -0.1) is 0 Å². The fraction of sp³-hybridized carbons (Fsp3) is 0.364. The Labute approximate surface area is 78.2 Å². The Morgan fingerprint density at radius 2 is 2.00 bits per heavy atom. The number of ketones is 1. The van der Waals surface area contributed by atoms with Gasteiger partial charge in [-0.1, -0.05) is 26.0 Å². The SMILES string of the molecule is CC(C)CC(=O)c1ccccc1O. The number of hydrogen-bond donors (Lipinski definition) is 1. The predicted molar refractivity (Wildman–Crippen MR) is 51.9 cm³/mol. The van der Waals surface area contributed by atoms with E-state index >= 15 is 0 Å². The summed E-state index contributed by atoms with van der Waals surface area (Å²) in [6, 6.07) is 6.66. The molecule has 0 saturated heterocycles. The summed E-state index contributed by atoms with van der Waals surface area (Å²) in [5, 5.41) is 9.37. The third-order valence-corrected chi connectivity index (χ3v) is 1.80. The molecule has 0 aliphatic heterocycles. The lowest BCUT2D eigenvalue weighted by atomic mass is 10.0. The van der Waals surface area contributed by atoms with E-state index in [0.29, 0.717) is 17.9 Å². The molecule has 0 saturated carbocycles. The van der Waals surface area contributed by atoms with Gasteiger partial charge in [0.1, 0.15) is 5.75 Å². The van der Waals surface area contributed by atoms with Gasteiger partial charge in [0.25, 0.3) is 0 Å².